The SMILES string of the molecule is CC(CCc1cc(Cl)cnc1F)C(=O)O. The first kappa shape index (κ1) is 11.9. The van der Waals surface area contributed by atoms with Crippen molar-refractivity contribution < 1.29 is 14.3 Å². The van der Waals surface area contributed by atoms with Crippen molar-refractivity contribution in [1.29, 1.82) is 0 Å². The van der Waals surface area contributed by atoms with E-state index in [4.69, 9.17) is 16.7 Å². The van der Waals surface area contributed by atoms with Gasteiger partial charge in [0.15, 0.2) is 0 Å². The summed E-state index contributed by atoms with van der Waals surface area (Å²) >= 11 is 5.65. The van der Waals surface area contributed by atoms with E-state index in [1.165, 1.54) is 12.3 Å². The highest BCUT2D eigenvalue weighted by atomic mass is 35.5. The Hall–Kier alpha value is -1.16. The number of carbonyl (C=O) groups is 1. The molecule has 1 N–H and O–H groups in total. The van der Waals surface area contributed by atoms with E-state index >= 15 is 0 Å². The van der Waals surface area contributed by atoms with Crippen LogP contribution in [0.15, 0.2) is 12.3 Å². The molecule has 1 rings (SSSR count). The molecule has 0 saturated carbocycles. The Balaban J connectivity index is 2.65. The van der Waals surface area contributed by atoms with Crippen LogP contribution >= 0.6 is 11.6 Å². The minimum absolute atomic E-state index is 0.326. The Labute approximate surface area is 91.9 Å². The predicted octanol–water partition coefficient (Wildman–Crippen LogP) is 2.53. The number of rotatable bonds is 4. The van der Waals surface area contributed by atoms with Gasteiger partial charge in [-0.2, -0.15) is 4.39 Å². The fourth-order valence-electron chi connectivity index (χ4n) is 1.14. The molecule has 0 bridgehead atoms. The van der Waals surface area contributed by atoms with Crippen LogP contribution in [-0.4, -0.2) is 16.1 Å². The van der Waals surface area contributed by atoms with Gasteiger partial charge in [0.2, 0.25) is 5.95 Å². The van der Waals surface area contributed by atoms with Gasteiger partial charge in [-0.25, -0.2) is 4.98 Å². The molecule has 15 heavy (non-hydrogen) atoms. The summed E-state index contributed by atoms with van der Waals surface area (Å²) in [5, 5.41) is 9.00. The minimum atomic E-state index is -0.884. The molecule has 0 radical (unpaired) electrons. The molecule has 1 atom stereocenters. The Morgan fingerprint density at radius 3 is 3.00 bits per heavy atom. The third kappa shape index (κ3) is 3.47. The van der Waals surface area contributed by atoms with E-state index in [9.17, 15) is 9.18 Å². The van der Waals surface area contributed by atoms with E-state index < -0.39 is 17.8 Å². The van der Waals surface area contributed by atoms with E-state index in [1.807, 2.05) is 0 Å². The van der Waals surface area contributed by atoms with Crippen LogP contribution in [0.2, 0.25) is 5.02 Å². The maximum absolute atomic E-state index is 13.1. The number of carboxylic acid groups (broad SMARTS) is 1. The molecule has 0 aliphatic heterocycles. The zero-order chi connectivity index (χ0) is 11.4. The van der Waals surface area contributed by atoms with E-state index in [1.54, 1.807) is 6.92 Å². The van der Waals surface area contributed by atoms with Gasteiger partial charge in [-0.15, -0.1) is 0 Å². The van der Waals surface area contributed by atoms with Gasteiger partial charge in [0.05, 0.1) is 10.9 Å². The fraction of sp³-hybridized carbons (Fsp3) is 0.400. The van der Waals surface area contributed by atoms with E-state index in [0.29, 0.717) is 23.4 Å². The lowest BCUT2D eigenvalue weighted by atomic mass is 10.0. The van der Waals surface area contributed by atoms with Crippen LogP contribution in [0.3, 0.4) is 0 Å². The lowest BCUT2D eigenvalue weighted by Crippen LogP contribution is -2.10. The van der Waals surface area contributed by atoms with Crippen molar-refractivity contribution in [3.63, 3.8) is 0 Å². The van der Waals surface area contributed by atoms with Crippen LogP contribution in [-0.2, 0) is 11.2 Å². The molecular weight excluding hydrogens is 221 g/mol. The first-order valence-corrected chi connectivity index (χ1v) is 4.91. The lowest BCUT2D eigenvalue weighted by molar-refractivity contribution is -0.141. The van der Waals surface area contributed by atoms with Crippen molar-refractivity contribution in [2.75, 3.05) is 0 Å². The topological polar surface area (TPSA) is 50.2 Å². The monoisotopic (exact) mass is 231 g/mol. The van der Waals surface area contributed by atoms with Crippen molar-refractivity contribution in [3.8, 4) is 0 Å². The quantitative estimate of drug-likeness (QED) is 0.811. The predicted molar refractivity (Wildman–Crippen MR) is 54.3 cm³/mol. The van der Waals surface area contributed by atoms with Gasteiger partial charge in [-0.05, 0) is 18.9 Å². The summed E-state index contributed by atoms with van der Waals surface area (Å²) < 4.78 is 13.1. The third-order valence-corrected chi connectivity index (χ3v) is 2.35. The van der Waals surface area contributed by atoms with Gasteiger partial charge >= 0.3 is 5.97 Å². The van der Waals surface area contributed by atoms with E-state index in [2.05, 4.69) is 4.98 Å². The van der Waals surface area contributed by atoms with Gasteiger partial charge in [-0.3, -0.25) is 4.79 Å². The number of hydrogen-bond donors (Lipinski definition) is 1. The number of carboxylic acids is 1. The van der Waals surface area contributed by atoms with Crippen LogP contribution in [0.25, 0.3) is 0 Å². The molecule has 0 amide bonds. The molecule has 0 aliphatic carbocycles. The van der Waals surface area contributed by atoms with Gasteiger partial charge < -0.3 is 5.11 Å². The summed E-state index contributed by atoms with van der Waals surface area (Å²) in [6.45, 7) is 1.58. The van der Waals surface area contributed by atoms with Crippen LogP contribution < -0.4 is 0 Å². The van der Waals surface area contributed by atoms with Crippen molar-refractivity contribution in [3.05, 3.63) is 28.8 Å². The smallest absolute Gasteiger partial charge is 0.306 e. The van der Waals surface area contributed by atoms with E-state index in [-0.39, 0.29) is 0 Å². The molecule has 3 nitrogen and oxygen atoms in total. The maximum atomic E-state index is 13.1. The average Bonchev–Trinajstić information content (AvgIpc) is 2.18. The highest BCUT2D eigenvalue weighted by Crippen LogP contribution is 2.16. The summed E-state index contributed by atoms with van der Waals surface area (Å²) in [5.74, 6) is -1.97. The normalized spacial score (nSPS) is 12.5. The summed E-state index contributed by atoms with van der Waals surface area (Å²) in [6, 6.07) is 1.47. The van der Waals surface area contributed by atoms with Crippen molar-refractivity contribution >= 4 is 17.6 Å². The van der Waals surface area contributed by atoms with Gasteiger partial charge in [0.1, 0.15) is 0 Å². The highest BCUT2D eigenvalue weighted by Gasteiger charge is 2.12. The number of aryl methyl sites for hydroxylation is 1. The molecule has 0 aliphatic rings. The zero-order valence-corrected chi connectivity index (χ0v) is 8.96. The highest BCUT2D eigenvalue weighted by molar-refractivity contribution is 6.30. The number of aromatic nitrogens is 1. The summed E-state index contributed by atoms with van der Waals surface area (Å²) in [4.78, 5) is 14.0. The molecule has 5 heteroatoms. The Kier molecular flexibility index (Phi) is 4.03. The molecule has 0 aromatic carbocycles. The first-order valence-electron chi connectivity index (χ1n) is 4.53. The van der Waals surface area contributed by atoms with Crippen LogP contribution in [0, 0.1) is 11.9 Å². The van der Waals surface area contributed by atoms with Crippen LogP contribution in [0.5, 0.6) is 0 Å². The molecule has 1 heterocycles. The van der Waals surface area contributed by atoms with Crippen LogP contribution in [0.4, 0.5) is 4.39 Å². The molecule has 82 valence electrons. The molecule has 0 fully saturated rings. The largest absolute Gasteiger partial charge is 0.481 e. The summed E-state index contributed by atoms with van der Waals surface area (Å²) in [5.41, 5.74) is 0.357. The number of hydrogen-bond acceptors (Lipinski definition) is 2. The second-order valence-electron chi connectivity index (χ2n) is 3.38. The van der Waals surface area contributed by atoms with E-state index in [0.717, 1.165) is 0 Å². The molecule has 0 saturated heterocycles. The van der Waals surface area contributed by atoms with Gasteiger partial charge in [0.25, 0.3) is 0 Å². The molecular formula is C10H11ClFNO2. The van der Waals surface area contributed by atoms with Crippen molar-refractivity contribution in [1.82, 2.24) is 4.98 Å². The second kappa shape index (κ2) is 5.07. The second-order valence-corrected chi connectivity index (χ2v) is 3.82. The number of halogens is 2. The summed E-state index contributed by atoms with van der Waals surface area (Å²) in [7, 11) is 0. The van der Waals surface area contributed by atoms with Crippen LogP contribution in [0.1, 0.15) is 18.9 Å². The van der Waals surface area contributed by atoms with Crippen molar-refractivity contribution in [2.24, 2.45) is 5.92 Å². The molecule has 1 unspecified atom stereocenters. The maximum Gasteiger partial charge on any atom is 0.306 e. The minimum Gasteiger partial charge on any atom is -0.481 e. The summed E-state index contributed by atoms with van der Waals surface area (Å²) in [6.07, 6.45) is 1.92. The number of aliphatic carboxylic acids is 1. The van der Waals surface area contributed by atoms with Gasteiger partial charge in [0, 0.05) is 11.8 Å². The lowest BCUT2D eigenvalue weighted by Gasteiger charge is -2.06. The molecule has 0 spiro atoms. The molecule has 1 aromatic rings. The standard InChI is InChI=1S/C10H11ClFNO2/c1-6(10(14)15)2-3-7-4-8(11)5-13-9(7)12/h4-6H,2-3H2,1H3,(H,14,15). The number of nitrogens with zero attached hydrogens (tertiary/aromatic N) is 1. The van der Waals surface area contributed by atoms with Crippen molar-refractivity contribution in [2.45, 2.75) is 19.8 Å². The Bertz CT molecular complexity index is 370. The third-order valence-electron chi connectivity index (χ3n) is 2.15. The first-order chi connectivity index (χ1) is 7.00. The fourth-order valence-corrected chi connectivity index (χ4v) is 1.32. The molecule has 1 aromatic heterocycles. The number of pyridine rings is 1. The zero-order valence-electron chi connectivity index (χ0n) is 8.20. The van der Waals surface area contributed by atoms with Gasteiger partial charge in [-0.1, -0.05) is 18.5 Å². The average molecular weight is 232 g/mol. The Morgan fingerprint density at radius 1 is 1.73 bits per heavy atom. The Morgan fingerprint density at radius 2 is 2.40 bits per heavy atom.